The van der Waals surface area contributed by atoms with E-state index in [9.17, 15) is 9.59 Å². The molecule has 0 aliphatic carbocycles. The number of halogens is 1. The van der Waals surface area contributed by atoms with Crippen molar-refractivity contribution >= 4 is 46.3 Å². The molecule has 1 N–H and O–H groups in total. The van der Waals surface area contributed by atoms with Crippen LogP contribution < -0.4 is 5.32 Å². The summed E-state index contributed by atoms with van der Waals surface area (Å²) in [7, 11) is 0. The van der Waals surface area contributed by atoms with Crippen LogP contribution in [0.3, 0.4) is 0 Å². The number of thioether (sulfide) groups is 1. The lowest BCUT2D eigenvalue weighted by Gasteiger charge is -2.13. The summed E-state index contributed by atoms with van der Waals surface area (Å²) >= 11 is 7.39. The van der Waals surface area contributed by atoms with Crippen molar-refractivity contribution in [3.05, 3.63) is 59.1 Å². The fourth-order valence-corrected chi connectivity index (χ4v) is 3.80. The number of carbonyl (C=O) groups excluding carboxylic acids is 2. The van der Waals surface area contributed by atoms with Crippen molar-refractivity contribution in [1.29, 1.82) is 0 Å². The van der Waals surface area contributed by atoms with E-state index in [1.165, 1.54) is 11.8 Å². The van der Waals surface area contributed by atoms with E-state index < -0.39 is 12.1 Å². The topological polar surface area (TPSA) is 73.2 Å². The van der Waals surface area contributed by atoms with Gasteiger partial charge in [0, 0.05) is 11.6 Å². The third-order valence-electron chi connectivity index (χ3n) is 4.21. The highest BCUT2D eigenvalue weighted by atomic mass is 35.5. The molecule has 0 radical (unpaired) electrons. The van der Waals surface area contributed by atoms with Gasteiger partial charge >= 0.3 is 5.97 Å². The van der Waals surface area contributed by atoms with Crippen LogP contribution in [0.2, 0.25) is 5.02 Å². The molecule has 152 valence electrons. The van der Waals surface area contributed by atoms with Gasteiger partial charge in [0.1, 0.15) is 0 Å². The number of carbonyl (C=O) groups is 2. The maximum Gasteiger partial charge on any atom is 0.317 e. The normalized spacial score (nSPS) is 12.0. The minimum Gasteiger partial charge on any atom is -0.452 e. The average Bonchev–Trinajstić information content (AvgIpc) is 3.03. The van der Waals surface area contributed by atoms with Crippen LogP contribution in [0.15, 0.2) is 53.7 Å². The highest BCUT2D eigenvalue weighted by Gasteiger charge is 2.19. The quantitative estimate of drug-likeness (QED) is 0.432. The first-order valence-electron chi connectivity index (χ1n) is 9.27. The van der Waals surface area contributed by atoms with Crippen molar-refractivity contribution in [2.75, 3.05) is 12.3 Å². The predicted octanol–water partition coefficient (Wildman–Crippen LogP) is 3.90. The van der Waals surface area contributed by atoms with Gasteiger partial charge in [0.2, 0.25) is 0 Å². The molecule has 2 aromatic carbocycles. The van der Waals surface area contributed by atoms with Crippen LogP contribution in [0, 0.1) is 0 Å². The number of amides is 1. The number of rotatable bonds is 8. The Morgan fingerprint density at radius 1 is 1.24 bits per heavy atom. The summed E-state index contributed by atoms with van der Waals surface area (Å²) in [4.78, 5) is 28.6. The van der Waals surface area contributed by atoms with Crippen molar-refractivity contribution in [3.8, 4) is 0 Å². The second-order valence-corrected chi connectivity index (χ2v) is 7.79. The molecular weight excluding hydrogens is 410 g/mol. The van der Waals surface area contributed by atoms with Crippen molar-refractivity contribution in [2.45, 2.75) is 31.7 Å². The molecule has 0 aliphatic rings. The van der Waals surface area contributed by atoms with Crippen LogP contribution in [0.25, 0.3) is 11.0 Å². The van der Waals surface area contributed by atoms with Crippen molar-refractivity contribution in [2.24, 2.45) is 0 Å². The smallest absolute Gasteiger partial charge is 0.317 e. The van der Waals surface area contributed by atoms with Gasteiger partial charge in [-0.25, -0.2) is 4.98 Å². The first-order valence-corrected chi connectivity index (χ1v) is 10.6. The van der Waals surface area contributed by atoms with Gasteiger partial charge in [-0.05, 0) is 37.6 Å². The molecule has 6 nitrogen and oxygen atoms in total. The number of ether oxygens (including phenoxy) is 1. The number of nitrogens with zero attached hydrogens (tertiary/aromatic N) is 2. The fourth-order valence-electron chi connectivity index (χ4n) is 2.84. The van der Waals surface area contributed by atoms with E-state index in [2.05, 4.69) is 10.3 Å². The Labute approximate surface area is 178 Å². The van der Waals surface area contributed by atoms with Crippen LogP contribution in [0.4, 0.5) is 0 Å². The molecule has 1 aromatic heterocycles. The first-order chi connectivity index (χ1) is 14.0. The number of aromatic nitrogens is 2. The molecule has 1 heterocycles. The second kappa shape index (κ2) is 9.80. The number of benzene rings is 2. The lowest BCUT2D eigenvalue weighted by atomic mass is 10.2. The van der Waals surface area contributed by atoms with Gasteiger partial charge in [-0.15, -0.1) is 0 Å². The summed E-state index contributed by atoms with van der Waals surface area (Å²) in [6, 6.07) is 15.6. The van der Waals surface area contributed by atoms with Gasteiger partial charge in [0.25, 0.3) is 5.91 Å². The zero-order valence-corrected chi connectivity index (χ0v) is 17.8. The average molecular weight is 432 g/mol. The zero-order valence-electron chi connectivity index (χ0n) is 16.2. The van der Waals surface area contributed by atoms with Crippen LogP contribution in [0.5, 0.6) is 0 Å². The summed E-state index contributed by atoms with van der Waals surface area (Å²) in [5.41, 5.74) is 2.82. The van der Waals surface area contributed by atoms with Gasteiger partial charge in [-0.1, -0.05) is 53.7 Å². The van der Waals surface area contributed by atoms with E-state index in [1.807, 2.05) is 54.0 Å². The van der Waals surface area contributed by atoms with E-state index in [0.29, 0.717) is 23.3 Å². The monoisotopic (exact) mass is 431 g/mol. The van der Waals surface area contributed by atoms with Crippen molar-refractivity contribution in [1.82, 2.24) is 14.9 Å². The largest absolute Gasteiger partial charge is 0.452 e. The maximum absolute atomic E-state index is 12.2. The van der Waals surface area contributed by atoms with Gasteiger partial charge in [0.15, 0.2) is 11.3 Å². The van der Waals surface area contributed by atoms with Gasteiger partial charge < -0.3 is 14.6 Å². The molecule has 0 bridgehead atoms. The Kier molecular flexibility index (Phi) is 7.17. The molecule has 8 heteroatoms. The number of likely N-dealkylation sites (N-methyl/N-ethyl adjacent to an activating group) is 1. The number of nitrogens with one attached hydrogen (secondary N) is 1. The third kappa shape index (κ3) is 5.52. The molecule has 29 heavy (non-hydrogen) atoms. The number of hydrogen-bond donors (Lipinski definition) is 1. The molecule has 0 fully saturated rings. The minimum absolute atomic E-state index is 0.0512. The van der Waals surface area contributed by atoms with Gasteiger partial charge in [-0.3, -0.25) is 9.59 Å². The number of esters is 1. The first kappa shape index (κ1) is 21.2. The van der Waals surface area contributed by atoms with E-state index in [-0.39, 0.29) is 11.7 Å². The standard InChI is InChI=1S/C21H22ClN3O3S/c1-3-23-20(27)14(2)28-19(26)13-29-21-24-17-11-16(22)9-10-18(17)25(21)12-15-7-5-4-6-8-15/h4-11,14H,3,12-13H2,1-2H3,(H,23,27). The summed E-state index contributed by atoms with van der Waals surface area (Å²) < 4.78 is 7.26. The summed E-state index contributed by atoms with van der Waals surface area (Å²) in [6.45, 7) is 4.47. The Balaban J connectivity index is 1.76. The van der Waals surface area contributed by atoms with Gasteiger partial charge in [-0.2, -0.15) is 0 Å². The molecule has 1 atom stereocenters. The predicted molar refractivity (Wildman–Crippen MR) is 115 cm³/mol. The molecule has 0 spiro atoms. The molecule has 0 saturated heterocycles. The van der Waals surface area contributed by atoms with E-state index in [4.69, 9.17) is 16.3 Å². The second-order valence-electron chi connectivity index (χ2n) is 6.41. The molecule has 1 unspecified atom stereocenters. The summed E-state index contributed by atoms with van der Waals surface area (Å²) in [6.07, 6.45) is -0.829. The molecule has 0 aliphatic heterocycles. The number of fused-ring (bicyclic) bond motifs is 1. The van der Waals surface area contributed by atoms with Crippen LogP contribution in [-0.4, -0.2) is 39.8 Å². The SMILES string of the molecule is CCNC(=O)C(C)OC(=O)CSc1nc2cc(Cl)ccc2n1Cc1ccccc1. The van der Waals surface area contributed by atoms with Crippen molar-refractivity contribution in [3.63, 3.8) is 0 Å². The Hall–Kier alpha value is -2.51. The van der Waals surface area contributed by atoms with E-state index >= 15 is 0 Å². The number of imidazole rings is 1. The fraction of sp³-hybridized carbons (Fsp3) is 0.286. The third-order valence-corrected chi connectivity index (χ3v) is 5.39. The zero-order chi connectivity index (χ0) is 20.8. The maximum atomic E-state index is 12.2. The highest BCUT2D eigenvalue weighted by molar-refractivity contribution is 7.99. The molecule has 3 rings (SSSR count). The number of hydrogen-bond acceptors (Lipinski definition) is 5. The van der Waals surface area contributed by atoms with Gasteiger partial charge in [0.05, 0.1) is 23.3 Å². The molecule has 0 saturated carbocycles. The lowest BCUT2D eigenvalue weighted by Crippen LogP contribution is -2.35. The van der Waals surface area contributed by atoms with Crippen LogP contribution in [0.1, 0.15) is 19.4 Å². The summed E-state index contributed by atoms with van der Waals surface area (Å²) in [5.74, 6) is -0.725. The molecular formula is C21H22ClN3O3S. The minimum atomic E-state index is -0.829. The Morgan fingerprint density at radius 3 is 2.72 bits per heavy atom. The van der Waals surface area contributed by atoms with Crippen LogP contribution >= 0.6 is 23.4 Å². The summed E-state index contributed by atoms with van der Waals surface area (Å²) in [5, 5.41) is 3.93. The van der Waals surface area contributed by atoms with Crippen LogP contribution in [-0.2, 0) is 20.9 Å². The molecule has 1 amide bonds. The Morgan fingerprint density at radius 2 is 2.00 bits per heavy atom. The molecule has 3 aromatic rings. The van der Waals surface area contributed by atoms with Crippen molar-refractivity contribution < 1.29 is 14.3 Å². The Bertz CT molecular complexity index is 1010. The highest BCUT2D eigenvalue weighted by Crippen LogP contribution is 2.27. The van der Waals surface area contributed by atoms with E-state index in [1.54, 1.807) is 13.0 Å². The van der Waals surface area contributed by atoms with E-state index in [0.717, 1.165) is 16.6 Å². The lowest BCUT2D eigenvalue weighted by molar-refractivity contribution is -0.152.